The lowest BCUT2D eigenvalue weighted by molar-refractivity contribution is 0.869. The molecular formula is C14H13BrN2OS. The number of aromatic amines is 1. The maximum Gasteiger partial charge on any atom is 0.254 e. The minimum absolute atomic E-state index is 0.0410. The van der Waals surface area contributed by atoms with Crippen LogP contribution in [0.4, 0.5) is 0 Å². The van der Waals surface area contributed by atoms with E-state index in [9.17, 15) is 4.79 Å². The Morgan fingerprint density at radius 1 is 1.37 bits per heavy atom. The topological polar surface area (TPSA) is 45.8 Å². The molecule has 1 N–H and O–H groups in total. The second-order valence-electron chi connectivity index (χ2n) is 4.57. The van der Waals surface area contributed by atoms with Gasteiger partial charge in [0.25, 0.3) is 5.56 Å². The first-order valence-electron chi connectivity index (χ1n) is 6.22. The third-order valence-electron chi connectivity index (χ3n) is 3.18. The van der Waals surface area contributed by atoms with E-state index in [4.69, 9.17) is 0 Å². The van der Waals surface area contributed by atoms with Gasteiger partial charge in [-0.05, 0) is 37.0 Å². The van der Waals surface area contributed by atoms with Crippen LogP contribution in [0.25, 0.3) is 0 Å². The molecule has 1 aliphatic carbocycles. The second-order valence-corrected chi connectivity index (χ2v) is 6.45. The molecule has 1 aromatic heterocycles. The summed E-state index contributed by atoms with van der Waals surface area (Å²) in [5, 5.41) is 0.727. The first kappa shape index (κ1) is 12.9. The monoisotopic (exact) mass is 336 g/mol. The van der Waals surface area contributed by atoms with Gasteiger partial charge in [-0.15, -0.1) is 0 Å². The van der Waals surface area contributed by atoms with Crippen LogP contribution in [-0.4, -0.2) is 9.97 Å². The van der Waals surface area contributed by atoms with Gasteiger partial charge in [-0.1, -0.05) is 39.8 Å². The number of hydrogen-bond donors (Lipinski definition) is 1. The van der Waals surface area contributed by atoms with Crippen molar-refractivity contribution in [2.45, 2.75) is 30.2 Å². The number of aromatic nitrogens is 2. The molecule has 2 aromatic rings. The highest BCUT2D eigenvalue weighted by Gasteiger charge is 2.17. The SMILES string of the molecule is O=c1[nH]c(SCc2cccc(Br)c2)nc2c1CCC2. The third kappa shape index (κ3) is 2.92. The molecule has 0 bridgehead atoms. The Morgan fingerprint density at radius 2 is 2.26 bits per heavy atom. The Morgan fingerprint density at radius 3 is 3.11 bits per heavy atom. The molecule has 0 saturated carbocycles. The minimum Gasteiger partial charge on any atom is -0.301 e. The van der Waals surface area contributed by atoms with Gasteiger partial charge >= 0.3 is 0 Å². The molecule has 0 fully saturated rings. The molecule has 5 heteroatoms. The Hall–Kier alpha value is -1.07. The van der Waals surface area contributed by atoms with Crippen LogP contribution in [0.2, 0.25) is 0 Å². The summed E-state index contributed by atoms with van der Waals surface area (Å²) in [6, 6.07) is 8.17. The summed E-state index contributed by atoms with van der Waals surface area (Å²) >= 11 is 5.03. The molecule has 1 heterocycles. The number of nitrogens with one attached hydrogen (secondary N) is 1. The second kappa shape index (κ2) is 5.51. The molecule has 98 valence electrons. The number of thioether (sulfide) groups is 1. The first-order chi connectivity index (χ1) is 9.22. The van der Waals surface area contributed by atoms with Crippen LogP contribution < -0.4 is 5.56 Å². The van der Waals surface area contributed by atoms with Crippen molar-refractivity contribution in [1.82, 2.24) is 9.97 Å². The van der Waals surface area contributed by atoms with Crippen molar-refractivity contribution in [3.8, 4) is 0 Å². The highest BCUT2D eigenvalue weighted by atomic mass is 79.9. The largest absolute Gasteiger partial charge is 0.301 e. The predicted molar refractivity (Wildman–Crippen MR) is 80.6 cm³/mol. The van der Waals surface area contributed by atoms with E-state index in [0.717, 1.165) is 45.9 Å². The van der Waals surface area contributed by atoms with Crippen LogP contribution in [0, 0.1) is 0 Å². The first-order valence-corrected chi connectivity index (χ1v) is 7.99. The van der Waals surface area contributed by atoms with Crippen molar-refractivity contribution in [3.05, 3.63) is 55.9 Å². The fraction of sp³-hybridized carbons (Fsp3) is 0.286. The molecule has 0 saturated heterocycles. The van der Waals surface area contributed by atoms with Crippen LogP contribution in [-0.2, 0) is 18.6 Å². The smallest absolute Gasteiger partial charge is 0.254 e. The van der Waals surface area contributed by atoms with E-state index < -0.39 is 0 Å². The fourth-order valence-electron chi connectivity index (χ4n) is 2.27. The molecule has 19 heavy (non-hydrogen) atoms. The zero-order chi connectivity index (χ0) is 13.2. The van der Waals surface area contributed by atoms with Gasteiger partial charge in [0.2, 0.25) is 0 Å². The lowest BCUT2D eigenvalue weighted by atomic mass is 10.2. The minimum atomic E-state index is 0.0410. The van der Waals surface area contributed by atoms with Gasteiger partial charge in [0, 0.05) is 15.8 Å². The van der Waals surface area contributed by atoms with Crippen molar-refractivity contribution >= 4 is 27.7 Å². The standard InChI is InChI=1S/C14H13BrN2OS/c15-10-4-1-3-9(7-10)8-19-14-16-12-6-2-5-11(12)13(18)17-14/h1,3-4,7H,2,5-6,8H2,(H,16,17,18). The Bertz CT molecular complexity index is 669. The predicted octanol–water partition coefficient (Wildman–Crippen LogP) is 3.31. The van der Waals surface area contributed by atoms with Gasteiger partial charge < -0.3 is 4.98 Å². The number of benzene rings is 1. The van der Waals surface area contributed by atoms with Crippen LogP contribution >= 0.6 is 27.7 Å². The molecule has 0 spiro atoms. The van der Waals surface area contributed by atoms with E-state index >= 15 is 0 Å². The molecule has 3 rings (SSSR count). The number of nitrogens with zero attached hydrogens (tertiary/aromatic N) is 1. The number of H-pyrrole nitrogens is 1. The normalized spacial score (nSPS) is 13.5. The fourth-order valence-corrected chi connectivity index (χ4v) is 3.53. The summed E-state index contributed by atoms with van der Waals surface area (Å²) in [5.74, 6) is 0.807. The van der Waals surface area contributed by atoms with Crippen molar-refractivity contribution in [3.63, 3.8) is 0 Å². The zero-order valence-corrected chi connectivity index (χ0v) is 12.7. The summed E-state index contributed by atoms with van der Waals surface area (Å²) in [6.07, 6.45) is 2.85. The van der Waals surface area contributed by atoms with Crippen LogP contribution in [0.15, 0.2) is 38.7 Å². The molecule has 0 radical (unpaired) electrons. The number of rotatable bonds is 3. The van der Waals surface area contributed by atoms with Crippen LogP contribution in [0.1, 0.15) is 23.2 Å². The summed E-state index contributed by atoms with van der Waals surface area (Å²) in [5.41, 5.74) is 3.12. The van der Waals surface area contributed by atoms with Gasteiger partial charge in [-0.25, -0.2) is 4.98 Å². The maximum atomic E-state index is 11.9. The van der Waals surface area contributed by atoms with Gasteiger partial charge in [0.1, 0.15) is 0 Å². The van der Waals surface area contributed by atoms with Crippen LogP contribution in [0.5, 0.6) is 0 Å². The third-order valence-corrected chi connectivity index (χ3v) is 4.62. The number of hydrogen-bond acceptors (Lipinski definition) is 3. The van der Waals surface area contributed by atoms with E-state index in [1.54, 1.807) is 11.8 Å². The Kier molecular flexibility index (Phi) is 3.75. The molecule has 3 nitrogen and oxygen atoms in total. The average Bonchev–Trinajstić information content (AvgIpc) is 2.85. The molecule has 1 aliphatic rings. The average molecular weight is 337 g/mol. The van der Waals surface area contributed by atoms with E-state index in [-0.39, 0.29) is 5.56 Å². The molecule has 1 aromatic carbocycles. The van der Waals surface area contributed by atoms with Gasteiger partial charge in [-0.2, -0.15) is 0 Å². The molecule has 0 atom stereocenters. The van der Waals surface area contributed by atoms with E-state index in [0.29, 0.717) is 0 Å². The molecule has 0 unspecified atom stereocenters. The molecular weight excluding hydrogens is 324 g/mol. The van der Waals surface area contributed by atoms with Gasteiger partial charge in [-0.3, -0.25) is 4.79 Å². The number of halogens is 1. The Labute approximate surface area is 124 Å². The highest BCUT2D eigenvalue weighted by molar-refractivity contribution is 9.10. The highest BCUT2D eigenvalue weighted by Crippen LogP contribution is 2.23. The van der Waals surface area contributed by atoms with E-state index in [1.807, 2.05) is 12.1 Å². The van der Waals surface area contributed by atoms with E-state index in [1.165, 1.54) is 5.56 Å². The van der Waals surface area contributed by atoms with Crippen LogP contribution in [0.3, 0.4) is 0 Å². The number of aryl methyl sites for hydroxylation is 1. The maximum absolute atomic E-state index is 11.9. The van der Waals surface area contributed by atoms with Crippen molar-refractivity contribution in [2.75, 3.05) is 0 Å². The van der Waals surface area contributed by atoms with Gasteiger partial charge in [0.05, 0.1) is 5.69 Å². The number of fused-ring (bicyclic) bond motifs is 1. The van der Waals surface area contributed by atoms with Crippen molar-refractivity contribution < 1.29 is 0 Å². The summed E-state index contributed by atoms with van der Waals surface area (Å²) in [6.45, 7) is 0. The summed E-state index contributed by atoms with van der Waals surface area (Å²) in [4.78, 5) is 19.3. The Balaban J connectivity index is 1.77. The zero-order valence-electron chi connectivity index (χ0n) is 10.3. The molecule has 0 amide bonds. The van der Waals surface area contributed by atoms with Crippen molar-refractivity contribution in [2.24, 2.45) is 0 Å². The lowest BCUT2D eigenvalue weighted by Crippen LogP contribution is -2.14. The molecule has 0 aliphatic heterocycles. The lowest BCUT2D eigenvalue weighted by Gasteiger charge is -2.04. The quantitative estimate of drug-likeness (QED) is 0.690. The summed E-state index contributed by atoms with van der Waals surface area (Å²) < 4.78 is 1.07. The van der Waals surface area contributed by atoms with Crippen molar-refractivity contribution in [1.29, 1.82) is 0 Å². The van der Waals surface area contributed by atoms with E-state index in [2.05, 4.69) is 38.0 Å². The van der Waals surface area contributed by atoms with Gasteiger partial charge in [0.15, 0.2) is 5.16 Å². The summed E-state index contributed by atoms with van der Waals surface area (Å²) in [7, 11) is 0.